The third-order valence-corrected chi connectivity index (χ3v) is 13.4. The van der Waals surface area contributed by atoms with Crippen LogP contribution in [0.1, 0.15) is 239 Å². The molecule has 9 nitrogen and oxygen atoms in total. The normalized spacial score (nSPS) is 19.9. The van der Waals surface area contributed by atoms with Crippen LogP contribution in [0.2, 0.25) is 0 Å². The largest absolute Gasteiger partial charge is 0.394 e. The van der Waals surface area contributed by atoms with E-state index in [1.165, 1.54) is 128 Å². The predicted octanol–water partition coefficient (Wildman–Crippen LogP) is 14.8. The summed E-state index contributed by atoms with van der Waals surface area (Å²) >= 11 is 0. The Morgan fingerprint density at radius 3 is 1.33 bits per heavy atom. The van der Waals surface area contributed by atoms with Crippen molar-refractivity contribution in [2.75, 3.05) is 13.2 Å². The van der Waals surface area contributed by atoms with E-state index < -0.39 is 49.5 Å². The standard InChI is InChI=1S/C63H109NO8/c1-3-5-7-9-11-13-15-17-19-21-23-25-27-29-31-33-35-37-39-41-43-45-47-49-51-53-59(67)64-56(55-71-63-62(70)61(69)60(68)58(54-65)72-63)57(66)52-50-48-46-44-42-40-38-36-34-32-30-28-26-24-22-20-18-16-14-12-10-8-6-4-2/h5,7,11,13,17,19,23,25,29,31,34,36,42,44,50,52,56-58,60-63,65-66,68-70H,3-4,6,8-10,12,14-16,18,20-22,24,26-28,30,32-33,35,37-41,43,45-49,51,53-55H2,1-2H3,(H,64,67)/b7-5-,13-11-,19-17-,25-23-,31-29-,36-34+,44-42+,52-50+. The van der Waals surface area contributed by atoms with E-state index in [0.29, 0.717) is 6.42 Å². The molecule has 1 aliphatic rings. The average Bonchev–Trinajstić information content (AvgIpc) is 3.38. The third-order valence-electron chi connectivity index (χ3n) is 13.4. The molecule has 0 aromatic carbocycles. The number of hydrogen-bond donors (Lipinski definition) is 6. The van der Waals surface area contributed by atoms with E-state index in [9.17, 15) is 30.3 Å². The second-order valence-electron chi connectivity index (χ2n) is 20.0. The molecular weight excluding hydrogens is 899 g/mol. The molecule has 0 aliphatic carbocycles. The van der Waals surface area contributed by atoms with Gasteiger partial charge in [0.15, 0.2) is 6.29 Å². The van der Waals surface area contributed by atoms with Gasteiger partial charge < -0.3 is 40.3 Å². The van der Waals surface area contributed by atoms with Gasteiger partial charge in [-0.05, 0) is 89.9 Å². The van der Waals surface area contributed by atoms with Gasteiger partial charge in [0.1, 0.15) is 24.4 Å². The van der Waals surface area contributed by atoms with E-state index in [1.807, 2.05) is 6.08 Å². The quantitative estimate of drug-likeness (QED) is 0.0261. The zero-order valence-corrected chi connectivity index (χ0v) is 45.9. The van der Waals surface area contributed by atoms with Crippen LogP contribution in [0.5, 0.6) is 0 Å². The first-order chi connectivity index (χ1) is 35.3. The number of ether oxygens (including phenoxy) is 2. The second-order valence-corrected chi connectivity index (χ2v) is 20.0. The van der Waals surface area contributed by atoms with E-state index in [2.05, 4.69) is 104 Å². The molecule has 6 N–H and O–H groups in total. The molecule has 1 rings (SSSR count). The first-order valence-corrected chi connectivity index (χ1v) is 29.5. The number of amides is 1. The van der Waals surface area contributed by atoms with E-state index in [4.69, 9.17) is 9.47 Å². The molecule has 1 amide bonds. The van der Waals surface area contributed by atoms with Crippen LogP contribution in [0.4, 0.5) is 0 Å². The van der Waals surface area contributed by atoms with Crippen LogP contribution >= 0.6 is 0 Å². The molecule has 1 fully saturated rings. The van der Waals surface area contributed by atoms with Crippen LogP contribution in [-0.4, -0.2) is 87.5 Å². The molecule has 0 aromatic heterocycles. The first-order valence-electron chi connectivity index (χ1n) is 29.5. The van der Waals surface area contributed by atoms with E-state index in [1.54, 1.807) is 6.08 Å². The van der Waals surface area contributed by atoms with E-state index in [-0.39, 0.29) is 12.5 Å². The van der Waals surface area contributed by atoms with Gasteiger partial charge in [-0.1, -0.05) is 239 Å². The molecule has 0 spiro atoms. The van der Waals surface area contributed by atoms with Crippen molar-refractivity contribution in [2.24, 2.45) is 0 Å². The van der Waals surface area contributed by atoms with Crippen molar-refractivity contribution >= 4 is 5.91 Å². The number of aliphatic hydroxyl groups is 5. The minimum absolute atomic E-state index is 0.200. The maximum atomic E-state index is 13.1. The molecule has 9 heteroatoms. The lowest BCUT2D eigenvalue weighted by molar-refractivity contribution is -0.302. The van der Waals surface area contributed by atoms with Crippen LogP contribution in [0, 0.1) is 0 Å². The van der Waals surface area contributed by atoms with Crippen molar-refractivity contribution in [3.05, 3.63) is 97.2 Å². The van der Waals surface area contributed by atoms with Crippen molar-refractivity contribution in [1.82, 2.24) is 5.32 Å². The zero-order chi connectivity index (χ0) is 52.2. The molecular formula is C63H109NO8. The molecule has 1 heterocycles. The monoisotopic (exact) mass is 1010 g/mol. The summed E-state index contributed by atoms with van der Waals surface area (Å²) in [5, 5.41) is 54.5. The summed E-state index contributed by atoms with van der Waals surface area (Å²) in [6.07, 6.45) is 67.5. The van der Waals surface area contributed by atoms with Crippen LogP contribution < -0.4 is 5.32 Å². The Hall–Kier alpha value is -2.89. The maximum absolute atomic E-state index is 13.1. The number of rotatable bonds is 49. The number of carbonyl (C=O) groups excluding carboxylic acids is 1. The van der Waals surface area contributed by atoms with Crippen molar-refractivity contribution in [1.29, 1.82) is 0 Å². The average molecular weight is 1010 g/mol. The minimum Gasteiger partial charge on any atom is -0.394 e. The highest BCUT2D eigenvalue weighted by molar-refractivity contribution is 5.76. The highest BCUT2D eigenvalue weighted by Crippen LogP contribution is 2.23. The minimum atomic E-state index is -1.58. The van der Waals surface area contributed by atoms with Gasteiger partial charge in [-0.2, -0.15) is 0 Å². The fraction of sp³-hybridized carbons (Fsp3) is 0.730. The topological polar surface area (TPSA) is 149 Å². The summed E-state index contributed by atoms with van der Waals surface area (Å²) in [6, 6.07) is -0.839. The fourth-order valence-electron chi connectivity index (χ4n) is 8.74. The van der Waals surface area contributed by atoms with E-state index >= 15 is 0 Å². The summed E-state index contributed by atoms with van der Waals surface area (Å²) in [7, 11) is 0. The van der Waals surface area contributed by atoms with Crippen molar-refractivity contribution in [3.8, 4) is 0 Å². The van der Waals surface area contributed by atoms with Gasteiger partial charge in [0.05, 0.1) is 25.4 Å². The summed E-state index contributed by atoms with van der Waals surface area (Å²) in [5.41, 5.74) is 0. The Morgan fingerprint density at radius 2 is 0.875 bits per heavy atom. The lowest BCUT2D eigenvalue weighted by Crippen LogP contribution is -2.60. The van der Waals surface area contributed by atoms with Gasteiger partial charge in [0.2, 0.25) is 5.91 Å². The number of carbonyl (C=O) groups is 1. The molecule has 0 saturated carbocycles. The van der Waals surface area contributed by atoms with Gasteiger partial charge in [-0.3, -0.25) is 4.79 Å². The number of aliphatic hydroxyl groups excluding tert-OH is 5. The Morgan fingerprint density at radius 1 is 0.486 bits per heavy atom. The molecule has 72 heavy (non-hydrogen) atoms. The number of allylic oxidation sites excluding steroid dienone is 15. The Labute approximate surface area is 441 Å². The Kier molecular flexibility index (Phi) is 48.1. The fourth-order valence-corrected chi connectivity index (χ4v) is 8.74. The Balaban J connectivity index is 2.28. The molecule has 1 saturated heterocycles. The molecule has 0 aromatic rings. The highest BCUT2D eigenvalue weighted by atomic mass is 16.7. The van der Waals surface area contributed by atoms with Crippen LogP contribution in [0.3, 0.4) is 0 Å². The maximum Gasteiger partial charge on any atom is 0.220 e. The lowest BCUT2D eigenvalue weighted by Gasteiger charge is -2.40. The smallest absolute Gasteiger partial charge is 0.220 e. The van der Waals surface area contributed by atoms with Gasteiger partial charge in [-0.25, -0.2) is 0 Å². The van der Waals surface area contributed by atoms with Crippen LogP contribution in [0.15, 0.2) is 97.2 Å². The van der Waals surface area contributed by atoms with E-state index in [0.717, 1.165) is 89.9 Å². The summed E-state index contributed by atoms with van der Waals surface area (Å²) in [6.45, 7) is 3.65. The Bertz CT molecular complexity index is 1450. The van der Waals surface area contributed by atoms with Crippen molar-refractivity contribution in [2.45, 2.75) is 281 Å². The van der Waals surface area contributed by atoms with Gasteiger partial charge in [0, 0.05) is 6.42 Å². The SMILES string of the molecule is CC/C=C\C/C=C\C/C=C\C/C=C\C/C=C\CCCCCCCCCCCC(=O)NC(COC1OC(CO)C(O)C(O)C1O)C(O)/C=C/CC/C=C/CC/C=C/CCCCCCCCCCCCCCCC. The zero-order valence-electron chi connectivity index (χ0n) is 45.9. The number of nitrogens with one attached hydrogen (secondary N) is 1. The van der Waals surface area contributed by atoms with Crippen molar-refractivity contribution < 1.29 is 39.8 Å². The summed E-state index contributed by atoms with van der Waals surface area (Å²) in [5.74, 6) is -0.200. The first kappa shape index (κ1) is 67.1. The van der Waals surface area contributed by atoms with Gasteiger partial charge in [-0.15, -0.1) is 0 Å². The lowest BCUT2D eigenvalue weighted by atomic mass is 9.99. The third kappa shape index (κ3) is 40.5. The number of hydrogen-bond acceptors (Lipinski definition) is 8. The highest BCUT2D eigenvalue weighted by Gasteiger charge is 2.44. The molecule has 7 unspecified atom stereocenters. The molecule has 0 radical (unpaired) electrons. The second kappa shape index (κ2) is 51.6. The van der Waals surface area contributed by atoms with Crippen molar-refractivity contribution in [3.63, 3.8) is 0 Å². The van der Waals surface area contributed by atoms with Gasteiger partial charge in [0.25, 0.3) is 0 Å². The van der Waals surface area contributed by atoms with Crippen LogP contribution in [0.25, 0.3) is 0 Å². The molecule has 7 atom stereocenters. The summed E-state index contributed by atoms with van der Waals surface area (Å²) < 4.78 is 11.3. The number of unbranched alkanes of at least 4 members (excludes halogenated alkanes) is 25. The summed E-state index contributed by atoms with van der Waals surface area (Å²) in [4.78, 5) is 13.1. The van der Waals surface area contributed by atoms with Crippen LogP contribution in [-0.2, 0) is 14.3 Å². The molecule has 1 aliphatic heterocycles. The predicted molar refractivity (Wildman–Crippen MR) is 304 cm³/mol. The molecule has 414 valence electrons. The van der Waals surface area contributed by atoms with Gasteiger partial charge >= 0.3 is 0 Å². The molecule has 0 bridgehead atoms.